The van der Waals surface area contributed by atoms with Gasteiger partial charge in [0, 0.05) is 18.0 Å². The van der Waals surface area contributed by atoms with Crippen molar-refractivity contribution in [3.8, 4) is 5.75 Å². The number of nitrogens with one attached hydrogen (secondary N) is 2. The summed E-state index contributed by atoms with van der Waals surface area (Å²) in [5.74, 6) is 0.528. The van der Waals surface area contributed by atoms with Gasteiger partial charge in [0.2, 0.25) is 0 Å². The van der Waals surface area contributed by atoms with Crippen LogP contribution in [0.1, 0.15) is 17.4 Å². The van der Waals surface area contributed by atoms with Crippen LogP contribution in [-0.2, 0) is 0 Å². The first-order valence-electron chi connectivity index (χ1n) is 5.27. The van der Waals surface area contributed by atoms with Gasteiger partial charge in [-0.15, -0.1) is 0 Å². The van der Waals surface area contributed by atoms with Gasteiger partial charge in [0.1, 0.15) is 5.82 Å². The van der Waals surface area contributed by atoms with Gasteiger partial charge in [-0.1, -0.05) is 12.1 Å². The Morgan fingerprint density at radius 3 is 2.88 bits per heavy atom. The lowest BCUT2D eigenvalue weighted by molar-refractivity contribution is 0.382. The lowest BCUT2D eigenvalue weighted by Crippen LogP contribution is -2.20. The van der Waals surface area contributed by atoms with E-state index < -0.39 is 0 Å². The van der Waals surface area contributed by atoms with Crippen LogP contribution in [0.4, 0.5) is 4.39 Å². The molecule has 0 saturated carbocycles. The van der Waals surface area contributed by atoms with E-state index in [2.05, 4.69) is 15.3 Å². The number of benzene rings is 1. The van der Waals surface area contributed by atoms with Crippen molar-refractivity contribution in [2.45, 2.75) is 6.04 Å². The Labute approximate surface area is 98.8 Å². The SMILES string of the molecule is CNC(c1ncc[nH]1)c1cccc(OC)c1F. The Morgan fingerprint density at radius 1 is 1.47 bits per heavy atom. The number of imidazole rings is 1. The number of hydrogen-bond acceptors (Lipinski definition) is 3. The van der Waals surface area contributed by atoms with Gasteiger partial charge in [-0.2, -0.15) is 0 Å². The van der Waals surface area contributed by atoms with Crippen LogP contribution < -0.4 is 10.1 Å². The van der Waals surface area contributed by atoms with E-state index in [0.29, 0.717) is 11.4 Å². The summed E-state index contributed by atoms with van der Waals surface area (Å²) in [5, 5.41) is 3.02. The number of methoxy groups -OCH3 is 1. The third-order valence-electron chi connectivity index (χ3n) is 2.61. The summed E-state index contributed by atoms with van der Waals surface area (Å²) in [6.07, 6.45) is 3.34. The predicted molar refractivity (Wildman–Crippen MR) is 62.4 cm³/mol. The van der Waals surface area contributed by atoms with Crippen molar-refractivity contribution >= 4 is 0 Å². The summed E-state index contributed by atoms with van der Waals surface area (Å²) in [6.45, 7) is 0. The molecule has 4 nitrogen and oxygen atoms in total. The van der Waals surface area contributed by atoms with Crippen LogP contribution in [0.5, 0.6) is 5.75 Å². The molecule has 17 heavy (non-hydrogen) atoms. The molecular formula is C12H14FN3O. The Bertz CT molecular complexity index is 485. The van der Waals surface area contributed by atoms with E-state index in [1.54, 1.807) is 37.6 Å². The van der Waals surface area contributed by atoms with Crippen LogP contribution in [-0.4, -0.2) is 24.1 Å². The van der Waals surface area contributed by atoms with E-state index in [4.69, 9.17) is 4.74 Å². The highest BCUT2D eigenvalue weighted by atomic mass is 19.1. The van der Waals surface area contributed by atoms with Crippen molar-refractivity contribution in [2.24, 2.45) is 0 Å². The van der Waals surface area contributed by atoms with Crippen molar-refractivity contribution in [3.63, 3.8) is 0 Å². The Hall–Kier alpha value is -1.88. The third-order valence-corrected chi connectivity index (χ3v) is 2.61. The quantitative estimate of drug-likeness (QED) is 0.850. The zero-order chi connectivity index (χ0) is 12.3. The van der Waals surface area contributed by atoms with Crippen LogP contribution in [0.25, 0.3) is 0 Å². The van der Waals surface area contributed by atoms with Gasteiger partial charge in [-0.25, -0.2) is 9.37 Å². The zero-order valence-corrected chi connectivity index (χ0v) is 9.70. The Kier molecular flexibility index (Phi) is 3.39. The molecule has 5 heteroatoms. The molecule has 1 atom stereocenters. The second-order valence-corrected chi connectivity index (χ2v) is 3.56. The molecule has 2 N–H and O–H groups in total. The molecule has 0 spiro atoms. The monoisotopic (exact) mass is 235 g/mol. The Morgan fingerprint density at radius 2 is 2.29 bits per heavy atom. The van der Waals surface area contributed by atoms with Gasteiger partial charge in [-0.05, 0) is 13.1 Å². The van der Waals surface area contributed by atoms with E-state index in [-0.39, 0.29) is 17.6 Å². The maximum Gasteiger partial charge on any atom is 0.170 e. The maximum absolute atomic E-state index is 14.1. The van der Waals surface area contributed by atoms with Gasteiger partial charge >= 0.3 is 0 Å². The molecule has 90 valence electrons. The predicted octanol–water partition coefficient (Wildman–Crippen LogP) is 1.87. The molecule has 2 aromatic rings. The van der Waals surface area contributed by atoms with Crippen molar-refractivity contribution in [2.75, 3.05) is 14.2 Å². The number of H-pyrrole nitrogens is 1. The number of nitrogens with zero attached hydrogens (tertiary/aromatic N) is 1. The van der Waals surface area contributed by atoms with E-state index in [1.807, 2.05) is 0 Å². The normalized spacial score (nSPS) is 12.4. The Balaban J connectivity index is 2.44. The number of hydrogen-bond donors (Lipinski definition) is 2. The van der Waals surface area contributed by atoms with Crippen molar-refractivity contribution in [1.29, 1.82) is 0 Å². The summed E-state index contributed by atoms with van der Waals surface area (Å²) >= 11 is 0. The minimum atomic E-state index is -0.370. The van der Waals surface area contributed by atoms with Gasteiger partial charge in [-0.3, -0.25) is 0 Å². The van der Waals surface area contributed by atoms with Gasteiger partial charge in [0.15, 0.2) is 11.6 Å². The van der Waals surface area contributed by atoms with E-state index in [1.165, 1.54) is 7.11 Å². The fourth-order valence-corrected chi connectivity index (χ4v) is 1.78. The molecule has 0 radical (unpaired) electrons. The largest absolute Gasteiger partial charge is 0.494 e. The van der Waals surface area contributed by atoms with E-state index >= 15 is 0 Å². The zero-order valence-electron chi connectivity index (χ0n) is 9.70. The second kappa shape index (κ2) is 4.97. The lowest BCUT2D eigenvalue weighted by Gasteiger charge is -2.16. The van der Waals surface area contributed by atoms with Gasteiger partial charge in [0.05, 0.1) is 13.2 Å². The molecular weight excluding hydrogens is 221 g/mol. The molecule has 1 aromatic carbocycles. The van der Waals surface area contributed by atoms with Crippen LogP contribution in [0, 0.1) is 5.82 Å². The summed E-state index contributed by atoms with van der Waals surface area (Å²) in [4.78, 5) is 7.11. The van der Waals surface area contributed by atoms with Crippen LogP contribution in [0.3, 0.4) is 0 Å². The van der Waals surface area contributed by atoms with Crippen LogP contribution >= 0.6 is 0 Å². The summed E-state index contributed by atoms with van der Waals surface area (Å²) < 4.78 is 19.1. The summed E-state index contributed by atoms with van der Waals surface area (Å²) in [7, 11) is 3.20. The maximum atomic E-state index is 14.1. The first-order chi connectivity index (χ1) is 8.27. The minimum Gasteiger partial charge on any atom is -0.494 e. The molecule has 1 aromatic heterocycles. The van der Waals surface area contributed by atoms with Crippen LogP contribution in [0.2, 0.25) is 0 Å². The summed E-state index contributed by atoms with van der Waals surface area (Å²) in [6, 6.07) is 4.74. The van der Waals surface area contributed by atoms with Gasteiger partial charge < -0.3 is 15.0 Å². The molecule has 0 aliphatic heterocycles. The smallest absolute Gasteiger partial charge is 0.170 e. The molecule has 1 unspecified atom stereocenters. The number of aromatic nitrogens is 2. The molecule has 0 amide bonds. The minimum absolute atomic E-state index is 0.231. The van der Waals surface area contributed by atoms with Crippen molar-refractivity contribution in [1.82, 2.24) is 15.3 Å². The first kappa shape index (κ1) is 11.6. The van der Waals surface area contributed by atoms with E-state index in [0.717, 1.165) is 0 Å². The summed E-state index contributed by atoms with van der Waals surface area (Å²) in [5.41, 5.74) is 0.502. The molecule has 0 bridgehead atoms. The van der Waals surface area contributed by atoms with Crippen molar-refractivity contribution < 1.29 is 9.13 Å². The van der Waals surface area contributed by atoms with Crippen molar-refractivity contribution in [3.05, 3.63) is 47.8 Å². The molecule has 0 aliphatic rings. The number of rotatable bonds is 4. The fourth-order valence-electron chi connectivity index (χ4n) is 1.78. The second-order valence-electron chi connectivity index (χ2n) is 3.56. The molecule has 0 aliphatic carbocycles. The molecule has 0 fully saturated rings. The van der Waals surface area contributed by atoms with E-state index in [9.17, 15) is 4.39 Å². The average molecular weight is 235 g/mol. The fraction of sp³-hybridized carbons (Fsp3) is 0.250. The number of aromatic amines is 1. The number of ether oxygens (including phenoxy) is 1. The molecule has 1 heterocycles. The third kappa shape index (κ3) is 2.14. The highest BCUT2D eigenvalue weighted by Crippen LogP contribution is 2.27. The van der Waals surface area contributed by atoms with Crippen LogP contribution in [0.15, 0.2) is 30.6 Å². The standard InChI is InChI=1S/C12H14FN3O/c1-14-11(12-15-6-7-16-12)8-4-3-5-9(17-2)10(8)13/h3-7,11,14H,1-2H3,(H,15,16). The molecule has 0 saturated heterocycles. The number of halogens is 1. The average Bonchev–Trinajstić information content (AvgIpc) is 2.86. The highest BCUT2D eigenvalue weighted by Gasteiger charge is 2.20. The van der Waals surface area contributed by atoms with Gasteiger partial charge in [0.25, 0.3) is 0 Å². The lowest BCUT2D eigenvalue weighted by atomic mass is 10.1. The molecule has 2 rings (SSSR count). The first-order valence-corrected chi connectivity index (χ1v) is 5.27. The highest BCUT2D eigenvalue weighted by molar-refractivity contribution is 5.35. The topological polar surface area (TPSA) is 49.9 Å².